The third-order valence-electron chi connectivity index (χ3n) is 3.20. The molecule has 0 heterocycles. The lowest BCUT2D eigenvalue weighted by Gasteiger charge is -2.02. The number of rotatable bonds is 1. The lowest BCUT2D eigenvalue weighted by molar-refractivity contribution is 0.104. The minimum absolute atomic E-state index is 0.160. The quantitative estimate of drug-likeness (QED) is 0.598. The molecule has 0 saturated carbocycles. The molecule has 78 valence electrons. The largest absolute Gasteiger partial charge is 0.289 e. The molecule has 0 amide bonds. The Morgan fingerprint density at radius 3 is 2.31 bits per heavy atom. The van der Waals surface area contributed by atoms with Gasteiger partial charge in [0.1, 0.15) is 0 Å². The number of hydrogen-bond acceptors (Lipinski definition) is 1. The predicted octanol–water partition coefficient (Wildman–Crippen LogP) is 3.46. The summed E-state index contributed by atoms with van der Waals surface area (Å²) in [7, 11) is 0. The van der Waals surface area contributed by atoms with E-state index in [0.29, 0.717) is 0 Å². The van der Waals surface area contributed by atoms with Gasteiger partial charge in [-0.05, 0) is 23.1 Å². The van der Waals surface area contributed by atoms with Crippen LogP contribution in [0.15, 0.2) is 42.5 Å². The summed E-state index contributed by atoms with van der Waals surface area (Å²) in [5.41, 5.74) is 5.14. The zero-order chi connectivity index (χ0) is 11.1. The molecule has 0 spiro atoms. The number of aryl methyl sites for hydroxylation is 1. The molecule has 1 aliphatic carbocycles. The van der Waals surface area contributed by atoms with Gasteiger partial charge in [-0.15, -0.1) is 0 Å². The monoisotopic (exact) mass is 208 g/mol. The van der Waals surface area contributed by atoms with Crippen molar-refractivity contribution in [1.29, 1.82) is 0 Å². The number of benzene rings is 2. The molecule has 0 radical (unpaired) electrons. The van der Waals surface area contributed by atoms with E-state index < -0.39 is 0 Å². The zero-order valence-corrected chi connectivity index (χ0v) is 9.16. The summed E-state index contributed by atoms with van der Waals surface area (Å²) in [5, 5.41) is 0. The van der Waals surface area contributed by atoms with Gasteiger partial charge in [0.25, 0.3) is 0 Å². The molecule has 2 aromatic rings. The van der Waals surface area contributed by atoms with Gasteiger partial charge in [-0.1, -0.05) is 49.4 Å². The molecule has 0 aromatic heterocycles. The van der Waals surface area contributed by atoms with Gasteiger partial charge in [-0.3, -0.25) is 4.79 Å². The molecule has 1 heteroatoms. The van der Waals surface area contributed by atoms with Gasteiger partial charge in [-0.2, -0.15) is 0 Å². The molecule has 0 saturated heterocycles. The molecule has 0 fully saturated rings. The Bertz CT molecular complexity index is 582. The van der Waals surface area contributed by atoms with Crippen LogP contribution in [-0.4, -0.2) is 5.78 Å². The average molecular weight is 208 g/mol. The van der Waals surface area contributed by atoms with Crippen molar-refractivity contribution in [3.63, 3.8) is 0 Å². The van der Waals surface area contributed by atoms with E-state index in [1.54, 1.807) is 0 Å². The number of hydrogen-bond donors (Lipinski definition) is 0. The van der Waals surface area contributed by atoms with E-state index in [4.69, 9.17) is 0 Å². The summed E-state index contributed by atoms with van der Waals surface area (Å²) in [5.74, 6) is 0.160. The highest BCUT2D eigenvalue weighted by Gasteiger charge is 2.25. The van der Waals surface area contributed by atoms with Crippen LogP contribution in [0.4, 0.5) is 0 Å². The van der Waals surface area contributed by atoms with Crippen molar-refractivity contribution in [2.75, 3.05) is 0 Å². The second-order valence-electron chi connectivity index (χ2n) is 4.11. The molecule has 16 heavy (non-hydrogen) atoms. The van der Waals surface area contributed by atoms with Crippen LogP contribution in [0.2, 0.25) is 0 Å². The van der Waals surface area contributed by atoms with Crippen LogP contribution in [0.5, 0.6) is 0 Å². The van der Waals surface area contributed by atoms with Crippen LogP contribution in [0, 0.1) is 0 Å². The summed E-state index contributed by atoms with van der Waals surface area (Å²) >= 11 is 0. The van der Waals surface area contributed by atoms with E-state index in [2.05, 4.69) is 13.0 Å². The molecule has 0 bridgehead atoms. The van der Waals surface area contributed by atoms with Gasteiger partial charge in [0.2, 0.25) is 0 Å². The number of ketones is 1. The molecule has 0 unspecified atom stereocenters. The van der Waals surface area contributed by atoms with Gasteiger partial charge in [0.15, 0.2) is 5.78 Å². The lowest BCUT2D eigenvalue weighted by atomic mass is 10.0. The Morgan fingerprint density at radius 2 is 1.56 bits per heavy atom. The van der Waals surface area contributed by atoms with Crippen LogP contribution >= 0.6 is 0 Å². The molecular weight excluding hydrogens is 196 g/mol. The first-order chi connectivity index (χ1) is 7.81. The van der Waals surface area contributed by atoms with Crippen molar-refractivity contribution in [2.45, 2.75) is 13.3 Å². The highest BCUT2D eigenvalue weighted by molar-refractivity contribution is 6.21. The number of carbonyl (C=O) groups is 1. The van der Waals surface area contributed by atoms with Gasteiger partial charge in [0.05, 0.1) is 0 Å². The maximum atomic E-state index is 12.1. The fraction of sp³-hybridized carbons (Fsp3) is 0.133. The number of fused-ring (bicyclic) bond motifs is 3. The molecule has 1 nitrogen and oxygen atoms in total. The van der Waals surface area contributed by atoms with E-state index in [9.17, 15) is 4.79 Å². The van der Waals surface area contributed by atoms with Crippen LogP contribution in [0.1, 0.15) is 28.4 Å². The van der Waals surface area contributed by atoms with Crippen LogP contribution in [0.3, 0.4) is 0 Å². The van der Waals surface area contributed by atoms with Crippen molar-refractivity contribution in [3.8, 4) is 11.1 Å². The van der Waals surface area contributed by atoms with Crippen molar-refractivity contribution >= 4 is 5.78 Å². The Kier molecular flexibility index (Phi) is 1.93. The smallest absolute Gasteiger partial charge is 0.194 e. The van der Waals surface area contributed by atoms with Gasteiger partial charge in [-0.25, -0.2) is 0 Å². The lowest BCUT2D eigenvalue weighted by Crippen LogP contribution is -1.94. The topological polar surface area (TPSA) is 17.1 Å². The summed E-state index contributed by atoms with van der Waals surface area (Å²) in [6.07, 6.45) is 1.00. The summed E-state index contributed by atoms with van der Waals surface area (Å²) in [6.45, 7) is 2.13. The second kappa shape index (κ2) is 3.31. The molecule has 0 aliphatic heterocycles. The fourth-order valence-corrected chi connectivity index (χ4v) is 2.29. The average Bonchev–Trinajstić information content (AvgIpc) is 2.64. The molecule has 3 rings (SSSR count). The van der Waals surface area contributed by atoms with Crippen molar-refractivity contribution in [2.24, 2.45) is 0 Å². The maximum Gasteiger partial charge on any atom is 0.194 e. The standard InChI is InChI=1S/C15H12O/c1-2-10-7-8-13-14(9-10)11-5-3-4-6-12(11)15(13)16/h3-9H,2H2,1H3. The molecule has 2 aromatic carbocycles. The molecular formula is C15H12O. The summed E-state index contributed by atoms with van der Waals surface area (Å²) in [6, 6.07) is 14.0. The van der Waals surface area contributed by atoms with Gasteiger partial charge >= 0.3 is 0 Å². The van der Waals surface area contributed by atoms with Crippen molar-refractivity contribution in [1.82, 2.24) is 0 Å². The highest BCUT2D eigenvalue weighted by atomic mass is 16.1. The van der Waals surface area contributed by atoms with Gasteiger partial charge < -0.3 is 0 Å². The molecule has 0 N–H and O–H groups in total. The van der Waals surface area contributed by atoms with Crippen LogP contribution in [-0.2, 0) is 6.42 Å². The highest BCUT2D eigenvalue weighted by Crippen LogP contribution is 2.36. The predicted molar refractivity (Wildman–Crippen MR) is 64.7 cm³/mol. The van der Waals surface area contributed by atoms with E-state index in [-0.39, 0.29) is 5.78 Å². The Hall–Kier alpha value is -1.89. The summed E-state index contributed by atoms with van der Waals surface area (Å²) < 4.78 is 0. The molecule has 0 atom stereocenters. The molecule has 1 aliphatic rings. The Labute approximate surface area is 94.7 Å². The van der Waals surface area contributed by atoms with E-state index >= 15 is 0 Å². The minimum atomic E-state index is 0.160. The zero-order valence-electron chi connectivity index (χ0n) is 9.16. The van der Waals surface area contributed by atoms with E-state index in [1.807, 2.05) is 36.4 Å². The van der Waals surface area contributed by atoms with Crippen LogP contribution in [0.25, 0.3) is 11.1 Å². The third-order valence-corrected chi connectivity index (χ3v) is 3.20. The fourth-order valence-electron chi connectivity index (χ4n) is 2.29. The maximum absolute atomic E-state index is 12.1. The Balaban J connectivity index is 2.31. The van der Waals surface area contributed by atoms with Crippen LogP contribution < -0.4 is 0 Å². The van der Waals surface area contributed by atoms with E-state index in [1.165, 1.54) is 5.56 Å². The first-order valence-electron chi connectivity index (χ1n) is 5.58. The SMILES string of the molecule is CCc1ccc2c(c1)-c1ccccc1C2=O. The number of carbonyl (C=O) groups excluding carboxylic acids is 1. The first-order valence-corrected chi connectivity index (χ1v) is 5.58. The Morgan fingerprint density at radius 1 is 0.875 bits per heavy atom. The van der Waals surface area contributed by atoms with E-state index in [0.717, 1.165) is 28.7 Å². The van der Waals surface area contributed by atoms with Crippen molar-refractivity contribution in [3.05, 3.63) is 59.2 Å². The van der Waals surface area contributed by atoms with Gasteiger partial charge in [0, 0.05) is 11.1 Å². The first kappa shape index (κ1) is 9.34. The summed E-state index contributed by atoms with van der Waals surface area (Å²) in [4.78, 5) is 12.1. The minimum Gasteiger partial charge on any atom is -0.289 e. The van der Waals surface area contributed by atoms with Crippen molar-refractivity contribution < 1.29 is 4.79 Å². The second-order valence-corrected chi connectivity index (χ2v) is 4.11. The normalized spacial score (nSPS) is 12.4. The third kappa shape index (κ3) is 1.15.